The van der Waals surface area contributed by atoms with E-state index in [2.05, 4.69) is 40.3 Å². The first kappa shape index (κ1) is 28.0. The number of benzene rings is 2. The van der Waals surface area contributed by atoms with Crippen molar-refractivity contribution in [3.8, 4) is 17.5 Å². The number of nitrogen functional groups attached to an aromatic ring is 1. The Hall–Kier alpha value is -5.56. The van der Waals surface area contributed by atoms with E-state index in [-0.39, 0.29) is 16.9 Å². The minimum Gasteiger partial charge on any atom is -0.381 e. The van der Waals surface area contributed by atoms with Crippen molar-refractivity contribution in [2.75, 3.05) is 17.6 Å². The summed E-state index contributed by atoms with van der Waals surface area (Å²) >= 11 is 0. The summed E-state index contributed by atoms with van der Waals surface area (Å²) in [6.45, 7) is 6.67. The maximum Gasteiger partial charge on any atom is 0.264 e. The summed E-state index contributed by atoms with van der Waals surface area (Å²) in [5, 5.41) is 12.9. The number of aryl methyl sites for hydroxylation is 3. The molecule has 0 bridgehead atoms. The average Bonchev–Trinajstić information content (AvgIpc) is 3.45. The number of carbonyl (C=O) groups excluding carboxylic acids is 1. The van der Waals surface area contributed by atoms with Gasteiger partial charge < -0.3 is 16.8 Å². The number of anilines is 2. The molecule has 42 heavy (non-hydrogen) atoms. The molecule has 0 spiro atoms. The number of nitrogens with one attached hydrogen (secondary N) is 1. The molecule has 5 aromatic rings. The molecule has 0 saturated carbocycles. The maximum atomic E-state index is 13.6. The van der Waals surface area contributed by atoms with Crippen LogP contribution in [0.15, 0.2) is 65.5 Å². The van der Waals surface area contributed by atoms with E-state index in [4.69, 9.17) is 11.5 Å². The lowest BCUT2D eigenvalue weighted by Gasteiger charge is -2.14. The average molecular weight is 561 g/mol. The van der Waals surface area contributed by atoms with E-state index in [1.165, 1.54) is 4.68 Å². The summed E-state index contributed by atoms with van der Waals surface area (Å²) in [7, 11) is 1.91. The van der Waals surface area contributed by atoms with Crippen LogP contribution in [0.1, 0.15) is 45.5 Å². The summed E-state index contributed by atoms with van der Waals surface area (Å²) in [6, 6.07) is 17.7. The van der Waals surface area contributed by atoms with Crippen molar-refractivity contribution < 1.29 is 4.79 Å². The van der Waals surface area contributed by atoms with Crippen LogP contribution < -0.4 is 22.3 Å². The van der Waals surface area contributed by atoms with E-state index in [0.29, 0.717) is 17.7 Å². The molecule has 0 unspecified atom stereocenters. The molecule has 6 rings (SSSR count). The fraction of sp³-hybridized carbons (Fsp3) is 0.188. The van der Waals surface area contributed by atoms with Crippen molar-refractivity contribution in [2.45, 2.75) is 27.2 Å². The topological polar surface area (TPSA) is 139 Å². The third-order valence-corrected chi connectivity index (χ3v) is 7.15. The molecular formula is C32H32N8O2. The number of nitrogens with two attached hydrogens (primary N) is 2. The summed E-state index contributed by atoms with van der Waals surface area (Å²) in [4.78, 5) is 24.5. The number of rotatable bonds is 3. The number of hydrogen-bond acceptors (Lipinski definition) is 6. The van der Waals surface area contributed by atoms with Crippen LogP contribution in [0.2, 0.25) is 0 Å². The number of fused-ring (bicyclic) bond motifs is 2. The Kier molecular flexibility index (Phi) is 7.67. The molecule has 3 aromatic heterocycles. The zero-order valence-corrected chi connectivity index (χ0v) is 24.0. The van der Waals surface area contributed by atoms with E-state index in [9.17, 15) is 9.59 Å². The van der Waals surface area contributed by atoms with Crippen molar-refractivity contribution in [3.63, 3.8) is 0 Å². The Bertz CT molecular complexity index is 1970. The van der Waals surface area contributed by atoms with E-state index >= 15 is 0 Å². The molecule has 2 aromatic carbocycles. The van der Waals surface area contributed by atoms with E-state index < -0.39 is 5.91 Å². The number of hydrogen-bond donors (Lipinski definition) is 3. The zero-order valence-electron chi connectivity index (χ0n) is 24.0. The quantitative estimate of drug-likeness (QED) is 0.287. The molecule has 0 aliphatic carbocycles. The van der Waals surface area contributed by atoms with Gasteiger partial charge in [-0.05, 0) is 56.0 Å². The zero-order chi connectivity index (χ0) is 30.0. The summed E-state index contributed by atoms with van der Waals surface area (Å²) in [6.07, 6.45) is 4.36. The molecule has 0 radical (unpaired) electrons. The fourth-order valence-corrected chi connectivity index (χ4v) is 5.00. The normalized spacial score (nSPS) is 11.6. The Morgan fingerprint density at radius 3 is 2.50 bits per heavy atom. The number of amides is 1. The smallest absolute Gasteiger partial charge is 0.264 e. The van der Waals surface area contributed by atoms with Crippen molar-refractivity contribution in [1.29, 1.82) is 0 Å². The Morgan fingerprint density at radius 2 is 1.83 bits per heavy atom. The molecule has 212 valence electrons. The van der Waals surface area contributed by atoms with Gasteiger partial charge in [0, 0.05) is 36.7 Å². The predicted molar refractivity (Wildman–Crippen MR) is 167 cm³/mol. The van der Waals surface area contributed by atoms with Crippen LogP contribution in [-0.4, -0.2) is 36.6 Å². The summed E-state index contributed by atoms with van der Waals surface area (Å²) in [5.41, 5.74) is 16.3. The summed E-state index contributed by atoms with van der Waals surface area (Å²) in [5.74, 6) is 6.63. The molecule has 4 heterocycles. The predicted octanol–water partition coefficient (Wildman–Crippen LogP) is 3.76. The first-order valence-electron chi connectivity index (χ1n) is 13.5. The molecule has 0 atom stereocenters. The van der Waals surface area contributed by atoms with Gasteiger partial charge in [-0.2, -0.15) is 5.10 Å². The standard InChI is InChI=1S/C25H23N3O.C7H9N5O/c1-5-21-16-20-11-9-10-19(14-15-23-17(2)26-27(4)18(23)3)24(20)25(29)28(21)22-12-7-6-8-13-22;8-5-4(6(9)13)7-10-2-1-3-12(7)11-5/h6-13,16H,5H2,1-4H3;1,3,10H,2H2,(H2,8,11)(H2,9,13). The first-order chi connectivity index (χ1) is 20.2. The molecule has 10 nitrogen and oxygen atoms in total. The second kappa shape index (κ2) is 11.5. The van der Waals surface area contributed by atoms with Gasteiger partial charge in [-0.1, -0.05) is 49.1 Å². The minimum atomic E-state index is -0.568. The number of carbonyl (C=O) groups is 1. The third-order valence-electron chi connectivity index (χ3n) is 7.15. The van der Waals surface area contributed by atoms with Gasteiger partial charge in [0.1, 0.15) is 11.4 Å². The number of aromatic nitrogens is 5. The molecule has 0 fully saturated rings. The fourth-order valence-electron chi connectivity index (χ4n) is 5.00. The van der Waals surface area contributed by atoms with Crippen LogP contribution in [0.4, 0.5) is 11.6 Å². The highest BCUT2D eigenvalue weighted by molar-refractivity contribution is 6.02. The maximum absolute atomic E-state index is 13.6. The van der Waals surface area contributed by atoms with Crippen molar-refractivity contribution in [3.05, 3.63) is 105 Å². The van der Waals surface area contributed by atoms with Gasteiger partial charge in [0.25, 0.3) is 11.5 Å². The lowest BCUT2D eigenvalue weighted by atomic mass is 10.0. The lowest BCUT2D eigenvalue weighted by Crippen LogP contribution is -2.22. The van der Waals surface area contributed by atoms with E-state index in [1.807, 2.05) is 80.2 Å². The van der Waals surface area contributed by atoms with Crippen LogP contribution in [-0.2, 0) is 13.5 Å². The van der Waals surface area contributed by atoms with Crippen LogP contribution in [0.5, 0.6) is 0 Å². The molecule has 5 N–H and O–H groups in total. The second-order valence-electron chi connectivity index (χ2n) is 9.84. The Morgan fingerprint density at radius 1 is 1.07 bits per heavy atom. The third kappa shape index (κ3) is 5.15. The number of pyridine rings is 1. The van der Waals surface area contributed by atoms with Gasteiger partial charge >= 0.3 is 0 Å². The van der Waals surface area contributed by atoms with Gasteiger partial charge in [-0.15, -0.1) is 5.10 Å². The first-order valence-corrected chi connectivity index (χ1v) is 13.5. The largest absolute Gasteiger partial charge is 0.381 e. The molecule has 10 heteroatoms. The molecule has 1 aliphatic rings. The van der Waals surface area contributed by atoms with E-state index in [1.54, 1.807) is 10.8 Å². The van der Waals surface area contributed by atoms with Crippen LogP contribution >= 0.6 is 0 Å². The SMILES string of the molecule is CCc1cc2cccc(C#Cc3c(C)nn(C)c3C)c2c(=O)n1-c1ccccc1.NC(=O)c1c(N)nn2c1NCC=C2. The van der Waals surface area contributed by atoms with Crippen LogP contribution in [0.25, 0.3) is 22.7 Å². The molecule has 1 aliphatic heterocycles. The lowest BCUT2D eigenvalue weighted by molar-refractivity contribution is 0.100. The number of primary amides is 1. The Balaban J connectivity index is 0.000000226. The summed E-state index contributed by atoms with van der Waals surface area (Å²) < 4.78 is 5.13. The van der Waals surface area contributed by atoms with Crippen LogP contribution in [0.3, 0.4) is 0 Å². The van der Waals surface area contributed by atoms with E-state index in [0.717, 1.165) is 45.7 Å². The molecule has 0 saturated heterocycles. The van der Waals surface area contributed by atoms with Gasteiger partial charge in [0.05, 0.1) is 22.3 Å². The monoisotopic (exact) mass is 560 g/mol. The van der Waals surface area contributed by atoms with Gasteiger partial charge in [0.15, 0.2) is 5.82 Å². The van der Waals surface area contributed by atoms with Crippen LogP contribution in [0, 0.1) is 25.7 Å². The van der Waals surface area contributed by atoms with Crippen molar-refractivity contribution in [1.82, 2.24) is 24.1 Å². The Labute approximate surface area is 243 Å². The van der Waals surface area contributed by atoms with Gasteiger partial charge in [0.2, 0.25) is 0 Å². The number of para-hydroxylation sites is 1. The minimum absolute atomic E-state index is 0.0323. The van der Waals surface area contributed by atoms with Gasteiger partial charge in [-0.25, -0.2) is 4.68 Å². The van der Waals surface area contributed by atoms with Crippen molar-refractivity contribution in [2.24, 2.45) is 12.8 Å². The molecule has 1 amide bonds. The second-order valence-corrected chi connectivity index (χ2v) is 9.84. The highest BCUT2D eigenvalue weighted by atomic mass is 16.1. The van der Waals surface area contributed by atoms with Gasteiger partial charge in [-0.3, -0.25) is 18.8 Å². The number of nitrogens with zero attached hydrogens (tertiary/aromatic N) is 5. The van der Waals surface area contributed by atoms with Crippen molar-refractivity contribution >= 4 is 34.5 Å². The molecular weight excluding hydrogens is 528 g/mol. The highest BCUT2D eigenvalue weighted by Crippen LogP contribution is 2.23. The highest BCUT2D eigenvalue weighted by Gasteiger charge is 2.20.